The molecule has 0 aromatic rings. The molecule has 3 N–H and O–H groups in total. The van der Waals surface area contributed by atoms with Gasteiger partial charge in [0.2, 0.25) is 0 Å². The maximum atomic E-state index is 10.2. The quantitative estimate of drug-likeness (QED) is 0.0417. The van der Waals surface area contributed by atoms with Gasteiger partial charge >= 0.3 is 116 Å². The average Bonchev–Trinajstić information content (AvgIpc) is 3.16. The summed E-state index contributed by atoms with van der Waals surface area (Å²) in [4.78, 5) is 30.6. The molecule has 0 saturated carbocycles. The number of rotatable bonds is 40. The van der Waals surface area contributed by atoms with Gasteiger partial charge in [0.1, 0.15) is 0 Å². The van der Waals surface area contributed by atoms with Gasteiger partial charge in [-0.1, -0.05) is 175 Å². The van der Waals surface area contributed by atoms with Gasteiger partial charge in [0.25, 0.3) is 0 Å². The molecule has 55 heavy (non-hydrogen) atoms. The van der Waals surface area contributed by atoms with Crippen LogP contribution in [0.15, 0.2) is 0 Å². The van der Waals surface area contributed by atoms with Crippen molar-refractivity contribution in [3.05, 3.63) is 0 Å². The van der Waals surface area contributed by atoms with E-state index in [1.807, 2.05) is 0 Å². The fourth-order valence-corrected chi connectivity index (χ4v) is 7.09. The molecule has 0 aliphatic rings. The normalized spacial score (nSPS) is 10.4. The molecule has 6 nitrogen and oxygen atoms in total. The summed E-state index contributed by atoms with van der Waals surface area (Å²) < 4.78 is 1.46. The monoisotopic (exact) mass is 890 g/mol. The first kappa shape index (κ1) is 60.9. The van der Waals surface area contributed by atoms with E-state index in [0.29, 0.717) is 19.3 Å². The zero-order chi connectivity index (χ0) is 41.7. The van der Waals surface area contributed by atoms with E-state index in [1.165, 1.54) is 203 Å². The van der Waals surface area contributed by atoms with Crippen LogP contribution in [-0.4, -0.2) is 55.8 Å². The van der Waals surface area contributed by atoms with Crippen molar-refractivity contribution in [3.8, 4) is 0 Å². The third kappa shape index (κ3) is 78.3. The van der Waals surface area contributed by atoms with E-state index in [9.17, 15) is 14.4 Å². The van der Waals surface area contributed by atoms with Crippen LogP contribution in [0.4, 0.5) is 0 Å². The Morgan fingerprint density at radius 1 is 0.273 bits per heavy atom. The number of unbranched alkanes of at least 4 members (excludes halogenated alkanes) is 33. The zero-order valence-electron chi connectivity index (χ0n) is 37.6. The zero-order valence-corrected chi connectivity index (χ0v) is 40.4. The van der Waals surface area contributed by atoms with E-state index in [0.717, 1.165) is 38.5 Å². The van der Waals surface area contributed by atoms with E-state index >= 15 is 0 Å². The van der Waals surface area contributed by atoms with Crippen LogP contribution >= 0.6 is 0 Å². The van der Waals surface area contributed by atoms with E-state index < -0.39 is 17.9 Å². The van der Waals surface area contributed by atoms with Gasteiger partial charge in [-0.2, -0.15) is 0 Å². The summed E-state index contributed by atoms with van der Waals surface area (Å²) in [6.45, 7) is 8.97. The molecule has 0 fully saturated rings. The van der Waals surface area contributed by atoms with Crippen molar-refractivity contribution in [2.24, 2.45) is 0 Å². The van der Waals surface area contributed by atoms with Crippen LogP contribution in [0.3, 0.4) is 0 Å². The molecule has 0 aromatic heterocycles. The number of carboxylic acids is 3. The molecule has 0 aliphatic carbocycles. The van der Waals surface area contributed by atoms with E-state index in [2.05, 4.69) is 27.7 Å². The Balaban J connectivity index is -0.000000315. The molecule has 0 saturated heterocycles. The van der Waals surface area contributed by atoms with Crippen molar-refractivity contribution in [2.75, 3.05) is 0 Å². The predicted molar refractivity (Wildman–Crippen MR) is 241 cm³/mol. The second-order valence-electron chi connectivity index (χ2n) is 15.8. The average molecular weight is 889 g/mol. The summed E-state index contributed by atoms with van der Waals surface area (Å²) in [7, 11) is 0. The third-order valence-corrected chi connectivity index (χ3v) is 11.0. The first-order chi connectivity index (χ1) is 26.7. The Kier molecular flexibility index (Phi) is 66.3. The predicted octanol–water partition coefficient (Wildman–Crippen LogP) is 16.5. The summed E-state index contributed by atoms with van der Waals surface area (Å²) in [5.74, 6) is -1.98. The van der Waals surface area contributed by atoms with Crippen molar-refractivity contribution in [1.29, 1.82) is 0 Å². The van der Waals surface area contributed by atoms with Crippen molar-refractivity contribution in [1.82, 2.24) is 0 Å². The Morgan fingerprint density at radius 2 is 0.418 bits per heavy atom. The van der Waals surface area contributed by atoms with Crippen LogP contribution in [0.5, 0.6) is 0 Å². The molecule has 0 spiro atoms. The van der Waals surface area contributed by atoms with Crippen LogP contribution in [0.25, 0.3) is 0 Å². The van der Waals surface area contributed by atoms with Gasteiger partial charge in [-0.05, 0) is 19.3 Å². The first-order valence-corrected chi connectivity index (χ1v) is 26.0. The maximum absolute atomic E-state index is 10.2. The van der Waals surface area contributed by atoms with E-state index in [1.54, 1.807) is 22.5 Å². The Hall–Kier alpha value is -0.791. The first-order valence-electron chi connectivity index (χ1n) is 24.0. The van der Waals surface area contributed by atoms with Crippen LogP contribution < -0.4 is 0 Å². The Morgan fingerprint density at radius 3 is 0.564 bits per heavy atom. The number of hydrogen-bond acceptors (Lipinski definition) is 3. The molecule has 0 heterocycles. The SMILES string of the molecule is CCCCCCCCCCCC(=O)O.CCCCCCCCCCCC(=O)O.CCCCCCCCCCCC(=O)O.CCCCCCCCCCC[CH2][Sn]. The van der Waals surface area contributed by atoms with Gasteiger partial charge in [-0.15, -0.1) is 0 Å². The van der Waals surface area contributed by atoms with Gasteiger partial charge < -0.3 is 15.3 Å². The third-order valence-electron chi connectivity index (χ3n) is 10.0. The molecule has 329 valence electrons. The molecule has 0 rings (SSSR count). The number of hydrogen-bond donors (Lipinski definition) is 3. The minimum atomic E-state index is -0.659. The molecule has 0 aliphatic heterocycles. The second-order valence-corrected chi connectivity index (χ2v) is 17.3. The van der Waals surface area contributed by atoms with Gasteiger partial charge in [-0.3, -0.25) is 14.4 Å². The van der Waals surface area contributed by atoms with Gasteiger partial charge in [-0.25, -0.2) is 0 Å². The van der Waals surface area contributed by atoms with E-state index in [4.69, 9.17) is 15.3 Å². The fourth-order valence-electron chi connectivity index (χ4n) is 6.37. The minimum absolute atomic E-state index is 0.343. The summed E-state index contributed by atoms with van der Waals surface area (Å²) in [5, 5.41) is 25.2. The summed E-state index contributed by atoms with van der Waals surface area (Å²) in [6, 6.07) is 0. The van der Waals surface area contributed by atoms with Crippen molar-refractivity contribution >= 4 is 40.4 Å². The number of aliphatic carboxylic acids is 3. The van der Waals surface area contributed by atoms with Gasteiger partial charge in [0.15, 0.2) is 0 Å². The van der Waals surface area contributed by atoms with Crippen LogP contribution in [0.1, 0.15) is 285 Å². The molecule has 0 aromatic carbocycles. The summed E-state index contributed by atoms with van der Waals surface area (Å²) in [6.07, 6.45) is 49.1. The van der Waals surface area contributed by atoms with Crippen LogP contribution in [-0.2, 0) is 14.4 Å². The Labute approximate surface area is 357 Å². The molecule has 0 amide bonds. The molecular formula is C48H97O6Sn. The second kappa shape index (κ2) is 59.9. The van der Waals surface area contributed by atoms with Crippen LogP contribution in [0, 0.1) is 0 Å². The van der Waals surface area contributed by atoms with Crippen molar-refractivity contribution in [3.63, 3.8) is 0 Å². The Bertz CT molecular complexity index is 630. The number of carboxylic acid groups (broad SMARTS) is 3. The molecule has 7 heteroatoms. The van der Waals surface area contributed by atoms with Crippen molar-refractivity contribution in [2.45, 2.75) is 289 Å². The topological polar surface area (TPSA) is 112 Å². The van der Waals surface area contributed by atoms with Crippen LogP contribution in [0.2, 0.25) is 4.44 Å². The standard InChI is InChI=1S/3C12H24O2.C12H25.Sn/c3*1-2-3-4-5-6-7-8-9-10-11-12(13)14;1-3-5-7-9-11-12-10-8-6-4-2;/h3*2-11H2,1H3,(H,13,14);1,3-12H2,2H3;. The fraction of sp³-hybridized carbons (Fsp3) is 0.938. The molecule has 0 unspecified atom stereocenters. The molecule has 0 bridgehead atoms. The summed E-state index contributed by atoms with van der Waals surface area (Å²) in [5.41, 5.74) is 0. The summed E-state index contributed by atoms with van der Waals surface area (Å²) >= 11 is 1.72. The van der Waals surface area contributed by atoms with Crippen molar-refractivity contribution < 1.29 is 29.7 Å². The molecular weight excluding hydrogens is 791 g/mol. The molecule has 0 atom stereocenters. The number of carbonyl (C=O) groups is 3. The molecule has 3 radical (unpaired) electrons. The van der Waals surface area contributed by atoms with Gasteiger partial charge in [0, 0.05) is 19.3 Å². The van der Waals surface area contributed by atoms with E-state index in [-0.39, 0.29) is 0 Å². The van der Waals surface area contributed by atoms with Gasteiger partial charge in [0.05, 0.1) is 0 Å².